The molecule has 0 spiro atoms. The van der Waals surface area contributed by atoms with Crippen LogP contribution >= 0.6 is 12.4 Å². The summed E-state index contributed by atoms with van der Waals surface area (Å²) in [5.74, 6) is 1.51. The zero-order valence-electron chi connectivity index (χ0n) is 13.9. The van der Waals surface area contributed by atoms with Gasteiger partial charge in [0.1, 0.15) is 11.5 Å². The molecule has 3 rings (SSSR count). The molecule has 5 nitrogen and oxygen atoms in total. The fourth-order valence-electron chi connectivity index (χ4n) is 2.59. The van der Waals surface area contributed by atoms with E-state index in [9.17, 15) is 4.79 Å². The highest BCUT2D eigenvalue weighted by molar-refractivity contribution is 5.85. The van der Waals surface area contributed by atoms with Crippen molar-refractivity contribution >= 4 is 18.3 Å². The Labute approximate surface area is 154 Å². The van der Waals surface area contributed by atoms with Crippen molar-refractivity contribution in [1.82, 2.24) is 10.6 Å². The monoisotopic (exact) mass is 362 g/mol. The molecule has 1 saturated heterocycles. The first-order valence-corrected chi connectivity index (χ1v) is 8.21. The van der Waals surface area contributed by atoms with E-state index in [0.717, 1.165) is 30.2 Å². The van der Waals surface area contributed by atoms with Crippen molar-refractivity contribution in [2.75, 3.05) is 19.7 Å². The second-order valence-electron chi connectivity index (χ2n) is 5.70. The van der Waals surface area contributed by atoms with Crippen LogP contribution in [0.5, 0.6) is 11.5 Å². The molecule has 25 heavy (non-hydrogen) atoms. The average Bonchev–Trinajstić information content (AvgIpc) is 2.63. The number of benzene rings is 2. The van der Waals surface area contributed by atoms with E-state index >= 15 is 0 Å². The van der Waals surface area contributed by atoms with E-state index in [1.807, 2.05) is 54.6 Å². The van der Waals surface area contributed by atoms with Crippen molar-refractivity contribution in [3.05, 3.63) is 60.2 Å². The number of amides is 1. The van der Waals surface area contributed by atoms with Crippen LogP contribution < -0.4 is 15.4 Å². The van der Waals surface area contributed by atoms with Gasteiger partial charge in [-0.15, -0.1) is 12.4 Å². The van der Waals surface area contributed by atoms with Crippen molar-refractivity contribution in [2.24, 2.45) is 0 Å². The van der Waals surface area contributed by atoms with Crippen LogP contribution in [0.3, 0.4) is 0 Å². The Bertz CT molecular complexity index is 661. The first kappa shape index (κ1) is 19.2. The Hall–Kier alpha value is -2.08. The van der Waals surface area contributed by atoms with Crippen molar-refractivity contribution in [2.45, 2.75) is 19.1 Å². The number of hydrogen-bond acceptors (Lipinski definition) is 4. The van der Waals surface area contributed by atoms with Crippen molar-refractivity contribution in [3.8, 4) is 11.5 Å². The second-order valence-corrected chi connectivity index (χ2v) is 5.70. The summed E-state index contributed by atoms with van der Waals surface area (Å²) in [5.41, 5.74) is 0.942. The zero-order valence-corrected chi connectivity index (χ0v) is 14.8. The predicted octanol–water partition coefficient (Wildman–Crippen LogP) is 2.90. The fraction of sp³-hybridized carbons (Fsp3) is 0.316. The highest BCUT2D eigenvalue weighted by Gasteiger charge is 2.17. The summed E-state index contributed by atoms with van der Waals surface area (Å²) < 4.78 is 11.5. The minimum absolute atomic E-state index is 0. The van der Waals surface area contributed by atoms with Crippen LogP contribution in [0.2, 0.25) is 0 Å². The lowest BCUT2D eigenvalue weighted by atomic mass is 10.2. The summed E-state index contributed by atoms with van der Waals surface area (Å²) in [6.45, 7) is 2.66. The molecule has 2 aromatic rings. The summed E-state index contributed by atoms with van der Waals surface area (Å²) in [6, 6.07) is 17.3. The average molecular weight is 363 g/mol. The molecule has 0 radical (unpaired) electrons. The van der Waals surface area contributed by atoms with E-state index in [4.69, 9.17) is 9.47 Å². The smallest absolute Gasteiger partial charge is 0.222 e. The number of morpholine rings is 1. The van der Waals surface area contributed by atoms with Gasteiger partial charge in [-0.05, 0) is 18.2 Å². The molecule has 2 N–H and O–H groups in total. The predicted molar refractivity (Wildman–Crippen MR) is 99.3 cm³/mol. The lowest BCUT2D eigenvalue weighted by Crippen LogP contribution is -2.41. The van der Waals surface area contributed by atoms with Crippen LogP contribution in [0, 0.1) is 0 Å². The largest absolute Gasteiger partial charge is 0.457 e. The molecule has 2 aromatic carbocycles. The molecule has 134 valence electrons. The third-order valence-electron chi connectivity index (χ3n) is 3.84. The molecule has 1 unspecified atom stereocenters. The third-order valence-corrected chi connectivity index (χ3v) is 3.84. The number of carbonyl (C=O) groups is 1. The van der Waals surface area contributed by atoms with Crippen LogP contribution in [-0.4, -0.2) is 31.7 Å². The normalized spacial score (nSPS) is 16.6. The van der Waals surface area contributed by atoms with Crippen molar-refractivity contribution in [3.63, 3.8) is 0 Å². The van der Waals surface area contributed by atoms with Gasteiger partial charge in [0, 0.05) is 25.2 Å². The molecule has 0 bridgehead atoms. The van der Waals surface area contributed by atoms with Gasteiger partial charge in [-0.1, -0.05) is 36.4 Å². The quantitative estimate of drug-likeness (QED) is 0.829. The maximum absolute atomic E-state index is 12.1. The van der Waals surface area contributed by atoms with Crippen LogP contribution in [0.1, 0.15) is 12.0 Å². The Balaban J connectivity index is 0.00000225. The molecule has 6 heteroatoms. The zero-order chi connectivity index (χ0) is 16.6. The summed E-state index contributed by atoms with van der Waals surface area (Å²) in [6.07, 6.45) is 0.323. The lowest BCUT2D eigenvalue weighted by Gasteiger charge is -2.23. The second kappa shape index (κ2) is 10.0. The number of rotatable bonds is 6. The SMILES string of the molecule is Cl.O=C(CC1CNCCO1)NCc1ccccc1Oc1ccccc1. The van der Waals surface area contributed by atoms with Crippen LogP contribution in [-0.2, 0) is 16.1 Å². The van der Waals surface area contributed by atoms with Gasteiger partial charge >= 0.3 is 0 Å². The molecule has 0 saturated carbocycles. The van der Waals surface area contributed by atoms with Gasteiger partial charge in [-0.25, -0.2) is 0 Å². The molecular weight excluding hydrogens is 340 g/mol. The molecule has 0 aromatic heterocycles. The maximum atomic E-state index is 12.1. The van der Waals surface area contributed by atoms with Gasteiger partial charge in [-0.3, -0.25) is 4.79 Å². The van der Waals surface area contributed by atoms with Gasteiger partial charge in [-0.2, -0.15) is 0 Å². The number of ether oxygens (including phenoxy) is 2. The van der Waals surface area contributed by atoms with E-state index in [1.54, 1.807) is 0 Å². The first-order chi connectivity index (χ1) is 11.8. The van der Waals surface area contributed by atoms with Gasteiger partial charge in [0.25, 0.3) is 0 Å². The highest BCUT2D eigenvalue weighted by Crippen LogP contribution is 2.24. The van der Waals surface area contributed by atoms with E-state index < -0.39 is 0 Å². The standard InChI is InChI=1S/C19H22N2O3.ClH/c22-19(12-17-14-20-10-11-23-17)21-13-15-6-4-5-9-18(15)24-16-7-2-1-3-8-16;/h1-9,17,20H,10-14H2,(H,21,22);1H. The number of carbonyl (C=O) groups excluding carboxylic acids is 1. The Morgan fingerprint density at radius 3 is 2.68 bits per heavy atom. The van der Waals surface area contributed by atoms with Crippen LogP contribution in [0.25, 0.3) is 0 Å². The molecule has 1 amide bonds. The summed E-state index contributed by atoms with van der Waals surface area (Å²) in [4.78, 5) is 12.1. The van der Waals surface area contributed by atoms with E-state index in [1.165, 1.54) is 0 Å². The van der Waals surface area contributed by atoms with Gasteiger partial charge in [0.05, 0.1) is 19.1 Å². The Kier molecular flexibility index (Phi) is 7.73. The Morgan fingerprint density at radius 1 is 1.16 bits per heavy atom. The van der Waals surface area contributed by atoms with E-state index in [2.05, 4.69) is 10.6 Å². The number of para-hydroxylation sites is 2. The van der Waals surface area contributed by atoms with Crippen LogP contribution in [0.15, 0.2) is 54.6 Å². The summed E-state index contributed by atoms with van der Waals surface area (Å²) in [7, 11) is 0. The molecule has 1 aliphatic heterocycles. The molecule has 0 aliphatic carbocycles. The molecule has 1 heterocycles. The topological polar surface area (TPSA) is 59.6 Å². The molecule has 1 aliphatic rings. The molecule has 1 fully saturated rings. The Morgan fingerprint density at radius 2 is 1.92 bits per heavy atom. The number of nitrogens with one attached hydrogen (secondary N) is 2. The molecule has 1 atom stereocenters. The highest BCUT2D eigenvalue weighted by atomic mass is 35.5. The summed E-state index contributed by atoms with van der Waals surface area (Å²) in [5, 5.41) is 6.17. The number of halogens is 1. The van der Waals surface area contributed by atoms with E-state index in [0.29, 0.717) is 19.6 Å². The third kappa shape index (κ3) is 6.05. The minimum Gasteiger partial charge on any atom is -0.457 e. The number of hydrogen-bond donors (Lipinski definition) is 2. The lowest BCUT2D eigenvalue weighted by molar-refractivity contribution is -0.124. The summed E-state index contributed by atoms with van der Waals surface area (Å²) >= 11 is 0. The maximum Gasteiger partial charge on any atom is 0.222 e. The first-order valence-electron chi connectivity index (χ1n) is 8.21. The van der Waals surface area contributed by atoms with Gasteiger partial charge in [0.15, 0.2) is 0 Å². The van der Waals surface area contributed by atoms with Gasteiger partial charge in [0.2, 0.25) is 5.91 Å². The van der Waals surface area contributed by atoms with Gasteiger partial charge < -0.3 is 20.1 Å². The van der Waals surface area contributed by atoms with E-state index in [-0.39, 0.29) is 24.4 Å². The van der Waals surface area contributed by atoms with Crippen molar-refractivity contribution < 1.29 is 14.3 Å². The minimum atomic E-state index is -0.0467. The van der Waals surface area contributed by atoms with Crippen molar-refractivity contribution in [1.29, 1.82) is 0 Å². The fourth-order valence-corrected chi connectivity index (χ4v) is 2.59. The molecular formula is C19H23ClN2O3. The van der Waals surface area contributed by atoms with Crippen LogP contribution in [0.4, 0.5) is 0 Å².